The van der Waals surface area contributed by atoms with Crippen LogP contribution in [0.5, 0.6) is 11.5 Å². The Morgan fingerprint density at radius 2 is 1.71 bits per heavy atom. The molecule has 0 saturated heterocycles. The summed E-state index contributed by atoms with van der Waals surface area (Å²) in [6, 6.07) is 12.5. The van der Waals surface area contributed by atoms with Crippen LogP contribution in [0.3, 0.4) is 0 Å². The van der Waals surface area contributed by atoms with E-state index in [1.807, 2.05) is 37.3 Å². The highest BCUT2D eigenvalue weighted by Crippen LogP contribution is 2.26. The van der Waals surface area contributed by atoms with Crippen molar-refractivity contribution in [3.05, 3.63) is 59.4 Å². The maximum Gasteiger partial charge on any atom is 0.165 e. The van der Waals surface area contributed by atoms with E-state index in [0.717, 1.165) is 16.9 Å². The van der Waals surface area contributed by atoms with Gasteiger partial charge in [0.25, 0.3) is 0 Å². The fourth-order valence-electron chi connectivity index (χ4n) is 2.32. The highest BCUT2D eigenvalue weighted by atomic mass is 19.1. The third-order valence-corrected chi connectivity index (χ3v) is 3.54. The lowest BCUT2D eigenvalue weighted by molar-refractivity contribution is 0.385. The van der Waals surface area contributed by atoms with Crippen molar-refractivity contribution in [2.45, 2.75) is 18.9 Å². The third-order valence-electron chi connectivity index (χ3n) is 3.54. The van der Waals surface area contributed by atoms with Crippen LogP contribution >= 0.6 is 0 Å². The number of benzene rings is 2. The minimum absolute atomic E-state index is 0.238. The van der Waals surface area contributed by atoms with Gasteiger partial charge in [-0.2, -0.15) is 0 Å². The van der Waals surface area contributed by atoms with E-state index in [9.17, 15) is 4.39 Å². The van der Waals surface area contributed by atoms with E-state index in [2.05, 4.69) is 0 Å². The standard InChI is InChI=1S/C17H20FNO2/c1-17(19,13-5-7-14(20-2)8-6-13)11-12-4-9-16(21-3)15(18)10-12/h4-10H,11,19H2,1-3H3. The molecule has 0 aliphatic heterocycles. The summed E-state index contributed by atoms with van der Waals surface area (Å²) in [6.45, 7) is 1.93. The van der Waals surface area contributed by atoms with E-state index in [-0.39, 0.29) is 11.6 Å². The number of ether oxygens (including phenoxy) is 2. The number of hydrogen-bond acceptors (Lipinski definition) is 3. The Morgan fingerprint density at radius 1 is 1.05 bits per heavy atom. The maximum atomic E-state index is 13.7. The van der Waals surface area contributed by atoms with Gasteiger partial charge in [-0.3, -0.25) is 0 Å². The van der Waals surface area contributed by atoms with Gasteiger partial charge in [0.1, 0.15) is 5.75 Å². The molecule has 0 saturated carbocycles. The summed E-state index contributed by atoms with van der Waals surface area (Å²) in [5.41, 5.74) is 7.60. The summed E-state index contributed by atoms with van der Waals surface area (Å²) in [6.07, 6.45) is 0.528. The number of hydrogen-bond donors (Lipinski definition) is 1. The Kier molecular flexibility index (Phi) is 4.48. The van der Waals surface area contributed by atoms with Crippen LogP contribution < -0.4 is 15.2 Å². The number of nitrogens with two attached hydrogens (primary N) is 1. The second-order valence-electron chi connectivity index (χ2n) is 5.29. The van der Waals surface area contributed by atoms with E-state index in [1.165, 1.54) is 13.2 Å². The Hall–Kier alpha value is -2.07. The Balaban J connectivity index is 2.21. The zero-order chi connectivity index (χ0) is 15.5. The summed E-state index contributed by atoms with van der Waals surface area (Å²) in [4.78, 5) is 0. The van der Waals surface area contributed by atoms with E-state index in [1.54, 1.807) is 13.2 Å². The third kappa shape index (κ3) is 3.52. The monoisotopic (exact) mass is 289 g/mol. The summed E-state index contributed by atoms with van der Waals surface area (Å²) in [5.74, 6) is 0.646. The van der Waals surface area contributed by atoms with Crippen LogP contribution in [0.1, 0.15) is 18.1 Å². The molecule has 1 atom stereocenters. The summed E-state index contributed by atoms with van der Waals surface area (Å²) in [7, 11) is 3.07. The summed E-state index contributed by atoms with van der Waals surface area (Å²) >= 11 is 0. The molecule has 2 rings (SSSR count). The van der Waals surface area contributed by atoms with Gasteiger partial charge >= 0.3 is 0 Å². The highest BCUT2D eigenvalue weighted by molar-refractivity contribution is 5.35. The molecule has 1 unspecified atom stereocenters. The molecular formula is C17H20FNO2. The molecule has 0 fully saturated rings. The molecule has 0 aromatic heterocycles. The predicted molar refractivity (Wildman–Crippen MR) is 81.2 cm³/mol. The van der Waals surface area contributed by atoms with E-state index >= 15 is 0 Å². The lowest BCUT2D eigenvalue weighted by Crippen LogP contribution is -2.35. The minimum atomic E-state index is -0.590. The molecule has 2 N–H and O–H groups in total. The molecule has 0 aliphatic rings. The molecule has 0 spiro atoms. The van der Waals surface area contributed by atoms with Gasteiger partial charge < -0.3 is 15.2 Å². The van der Waals surface area contributed by atoms with Crippen LogP contribution in [-0.4, -0.2) is 14.2 Å². The molecule has 0 amide bonds. The minimum Gasteiger partial charge on any atom is -0.497 e. The number of methoxy groups -OCH3 is 2. The average Bonchev–Trinajstić information content (AvgIpc) is 2.47. The topological polar surface area (TPSA) is 44.5 Å². The van der Waals surface area contributed by atoms with Crippen LogP contribution in [0.2, 0.25) is 0 Å². The summed E-state index contributed by atoms with van der Waals surface area (Å²) in [5, 5.41) is 0. The zero-order valence-corrected chi connectivity index (χ0v) is 12.5. The van der Waals surface area contributed by atoms with Crippen LogP contribution in [0.4, 0.5) is 4.39 Å². The predicted octanol–water partition coefficient (Wildman–Crippen LogP) is 3.26. The van der Waals surface area contributed by atoms with Gasteiger partial charge in [-0.15, -0.1) is 0 Å². The molecule has 0 heterocycles. The van der Waals surface area contributed by atoms with Crippen LogP contribution in [0.25, 0.3) is 0 Å². The van der Waals surface area contributed by atoms with Crippen LogP contribution in [0, 0.1) is 5.82 Å². The van der Waals surface area contributed by atoms with Gasteiger partial charge in [0, 0.05) is 5.54 Å². The first-order chi connectivity index (χ1) is 9.96. The van der Waals surface area contributed by atoms with E-state index < -0.39 is 5.54 Å². The molecule has 3 nitrogen and oxygen atoms in total. The Morgan fingerprint density at radius 3 is 2.24 bits per heavy atom. The van der Waals surface area contributed by atoms with Crippen molar-refractivity contribution < 1.29 is 13.9 Å². The summed E-state index contributed by atoms with van der Waals surface area (Å²) < 4.78 is 23.8. The lowest BCUT2D eigenvalue weighted by Gasteiger charge is -2.26. The normalized spacial score (nSPS) is 13.6. The molecule has 0 radical (unpaired) electrons. The number of halogens is 1. The van der Waals surface area contributed by atoms with Crippen LogP contribution in [0.15, 0.2) is 42.5 Å². The fourth-order valence-corrected chi connectivity index (χ4v) is 2.32. The maximum absolute atomic E-state index is 13.7. The SMILES string of the molecule is COc1ccc(C(C)(N)Cc2ccc(OC)c(F)c2)cc1. The first kappa shape index (κ1) is 15.3. The number of rotatable bonds is 5. The second-order valence-corrected chi connectivity index (χ2v) is 5.29. The first-order valence-electron chi connectivity index (χ1n) is 6.72. The highest BCUT2D eigenvalue weighted by Gasteiger charge is 2.22. The molecule has 2 aromatic carbocycles. The van der Waals surface area contributed by atoms with Gasteiger partial charge in [0.05, 0.1) is 14.2 Å². The van der Waals surface area contributed by atoms with Crippen molar-refractivity contribution in [2.24, 2.45) is 5.73 Å². The lowest BCUT2D eigenvalue weighted by atomic mass is 9.86. The Labute approximate surface area is 124 Å². The van der Waals surface area contributed by atoms with Crippen molar-refractivity contribution in [1.29, 1.82) is 0 Å². The molecule has 0 aliphatic carbocycles. The average molecular weight is 289 g/mol. The van der Waals surface area contributed by atoms with Crippen molar-refractivity contribution in [3.63, 3.8) is 0 Å². The van der Waals surface area contributed by atoms with Gasteiger partial charge in [0.15, 0.2) is 11.6 Å². The van der Waals surface area contributed by atoms with Crippen molar-refractivity contribution in [2.75, 3.05) is 14.2 Å². The second kappa shape index (κ2) is 6.14. The van der Waals surface area contributed by atoms with Crippen molar-refractivity contribution >= 4 is 0 Å². The fraction of sp³-hybridized carbons (Fsp3) is 0.294. The van der Waals surface area contributed by atoms with Gasteiger partial charge in [0.2, 0.25) is 0 Å². The molecule has 0 bridgehead atoms. The molecule has 2 aromatic rings. The smallest absolute Gasteiger partial charge is 0.165 e. The van der Waals surface area contributed by atoms with E-state index in [4.69, 9.17) is 15.2 Å². The molecule has 21 heavy (non-hydrogen) atoms. The quantitative estimate of drug-likeness (QED) is 0.919. The van der Waals surface area contributed by atoms with E-state index in [0.29, 0.717) is 6.42 Å². The van der Waals surface area contributed by atoms with Gasteiger partial charge in [-0.05, 0) is 48.7 Å². The zero-order valence-electron chi connectivity index (χ0n) is 12.5. The first-order valence-corrected chi connectivity index (χ1v) is 6.72. The van der Waals surface area contributed by atoms with Crippen molar-refractivity contribution in [3.8, 4) is 11.5 Å². The molecular weight excluding hydrogens is 269 g/mol. The van der Waals surface area contributed by atoms with Crippen LogP contribution in [-0.2, 0) is 12.0 Å². The Bertz CT molecular complexity index is 609. The van der Waals surface area contributed by atoms with Gasteiger partial charge in [-0.1, -0.05) is 18.2 Å². The molecule has 4 heteroatoms. The van der Waals surface area contributed by atoms with Gasteiger partial charge in [-0.25, -0.2) is 4.39 Å². The molecule has 112 valence electrons. The largest absolute Gasteiger partial charge is 0.497 e. The van der Waals surface area contributed by atoms with Crippen molar-refractivity contribution in [1.82, 2.24) is 0 Å².